The minimum atomic E-state index is 1.08. The van der Waals surface area contributed by atoms with Gasteiger partial charge in [0.25, 0.3) is 0 Å². The summed E-state index contributed by atoms with van der Waals surface area (Å²) in [6.45, 7) is 0. The van der Waals surface area contributed by atoms with Crippen LogP contribution in [0.5, 0.6) is 0 Å². The molecule has 0 bridgehead atoms. The first-order valence-electron chi connectivity index (χ1n) is 31.5. The lowest BCUT2D eigenvalue weighted by atomic mass is 9.84. The van der Waals surface area contributed by atoms with Crippen LogP contribution in [0.4, 0.5) is 34.1 Å². The molecule has 0 saturated heterocycles. The second kappa shape index (κ2) is 25.9. The summed E-state index contributed by atoms with van der Waals surface area (Å²) in [6.07, 6.45) is 8.98. The summed E-state index contributed by atoms with van der Waals surface area (Å²) in [5, 5.41) is 4.83. The van der Waals surface area contributed by atoms with Crippen molar-refractivity contribution in [2.75, 3.05) is 9.80 Å². The number of benzene rings is 15. The van der Waals surface area contributed by atoms with E-state index in [1.165, 1.54) is 88.3 Å². The maximum atomic E-state index is 2.38. The van der Waals surface area contributed by atoms with Crippen LogP contribution >= 0.6 is 0 Å². The lowest BCUT2D eigenvalue weighted by Gasteiger charge is -2.26. The van der Waals surface area contributed by atoms with Crippen molar-refractivity contribution in [1.82, 2.24) is 0 Å². The molecular formula is C90H64N2. The molecule has 0 aliphatic carbocycles. The average molecular weight is 1170 g/mol. The summed E-state index contributed by atoms with van der Waals surface area (Å²) in [7, 11) is 0. The highest BCUT2D eigenvalue weighted by molar-refractivity contribution is 6.22. The van der Waals surface area contributed by atoms with Crippen molar-refractivity contribution in [3.63, 3.8) is 0 Å². The standard InChI is InChI=1S/C90H64N2/c1-7-19-69(20-8-1)73-41-53-81(54-42-73)91(82-55-43-74(44-56-82)70-21-9-2-10-22-70)79-49-35-65(36-50-79)31-33-67-39-61-85-87(63-67)88-64-68(40-62-86(88)90(78-29-17-6-18-30-78)89(85)77-27-15-5-16-28-77)34-32-66-37-51-80(52-38-66)92(83-57-45-75(46-58-83)71-23-11-3-12-24-71)84-59-47-76(48-60-84)72-25-13-4-14-26-72/h1-64H/b33-31+,34-32+. The molecule has 0 aliphatic rings. The van der Waals surface area contributed by atoms with Crippen molar-refractivity contribution in [1.29, 1.82) is 0 Å². The minimum absolute atomic E-state index is 1.08. The maximum absolute atomic E-state index is 2.38. The number of rotatable bonds is 16. The predicted octanol–water partition coefficient (Wildman–Crippen LogP) is 25.3. The van der Waals surface area contributed by atoms with Gasteiger partial charge in [-0.25, -0.2) is 0 Å². The topological polar surface area (TPSA) is 6.48 Å². The normalized spacial score (nSPS) is 11.4. The van der Waals surface area contributed by atoms with Gasteiger partial charge in [0.2, 0.25) is 0 Å². The molecule has 15 aromatic rings. The van der Waals surface area contributed by atoms with Crippen molar-refractivity contribution in [2.45, 2.75) is 0 Å². The van der Waals surface area contributed by atoms with Crippen molar-refractivity contribution in [3.8, 4) is 66.8 Å². The van der Waals surface area contributed by atoms with Gasteiger partial charge >= 0.3 is 0 Å². The predicted molar refractivity (Wildman–Crippen MR) is 394 cm³/mol. The van der Waals surface area contributed by atoms with Crippen LogP contribution in [0.1, 0.15) is 22.3 Å². The van der Waals surface area contributed by atoms with Crippen molar-refractivity contribution < 1.29 is 0 Å². The van der Waals surface area contributed by atoms with Gasteiger partial charge < -0.3 is 9.80 Å². The SMILES string of the molecule is C(=C\c1ccc2c(-c3ccccc3)c(-c3ccccc3)c3ccc(/C=C/c4ccc(N(c5ccc(-c6ccccc6)cc5)c5ccc(-c6ccccc6)cc5)cc4)cc3c2c1)/c1ccc(N(c2ccc(-c3ccccc3)cc2)c2ccc(-c3ccccc3)cc2)cc1. The smallest absolute Gasteiger partial charge is 0.0462 e. The number of hydrogen-bond acceptors (Lipinski definition) is 2. The Morgan fingerprint density at radius 3 is 0.598 bits per heavy atom. The van der Waals surface area contributed by atoms with Gasteiger partial charge in [-0.2, -0.15) is 0 Å². The summed E-state index contributed by atoms with van der Waals surface area (Å²) in [4.78, 5) is 4.68. The third-order valence-corrected chi connectivity index (χ3v) is 17.5. The van der Waals surface area contributed by atoms with Crippen LogP contribution in [0.15, 0.2) is 364 Å². The Morgan fingerprint density at radius 1 is 0.152 bits per heavy atom. The fourth-order valence-electron chi connectivity index (χ4n) is 12.8. The fraction of sp³-hybridized carbons (Fsp3) is 0. The Labute approximate surface area is 539 Å². The zero-order valence-electron chi connectivity index (χ0n) is 50.8. The highest BCUT2D eigenvalue weighted by atomic mass is 15.1. The zero-order chi connectivity index (χ0) is 61.4. The van der Waals surface area contributed by atoms with E-state index >= 15 is 0 Å². The Morgan fingerprint density at radius 2 is 0.348 bits per heavy atom. The zero-order valence-corrected chi connectivity index (χ0v) is 50.8. The van der Waals surface area contributed by atoms with E-state index in [4.69, 9.17) is 0 Å². The molecule has 0 aromatic heterocycles. The molecule has 15 rings (SSSR count). The Kier molecular flexibility index (Phi) is 15.9. The van der Waals surface area contributed by atoms with Crippen LogP contribution in [-0.2, 0) is 0 Å². The van der Waals surface area contributed by atoms with Crippen LogP contribution in [0.2, 0.25) is 0 Å². The Hall–Kier alpha value is -12.1. The largest absolute Gasteiger partial charge is 0.311 e. The second-order valence-electron chi connectivity index (χ2n) is 23.3. The van der Waals surface area contributed by atoms with E-state index in [0.717, 1.165) is 56.4 Å². The molecule has 0 atom stereocenters. The molecule has 2 nitrogen and oxygen atoms in total. The third-order valence-electron chi connectivity index (χ3n) is 17.5. The van der Waals surface area contributed by atoms with Crippen molar-refractivity contribution >= 4 is 80.0 Å². The quantitative estimate of drug-likeness (QED) is 0.0703. The number of fused-ring (bicyclic) bond motifs is 3. The van der Waals surface area contributed by atoms with Gasteiger partial charge in [0.05, 0.1) is 0 Å². The summed E-state index contributed by atoms with van der Waals surface area (Å²) in [5.74, 6) is 0. The number of nitrogens with zero attached hydrogens (tertiary/aromatic N) is 2. The van der Waals surface area contributed by atoms with E-state index in [0.29, 0.717) is 0 Å². The van der Waals surface area contributed by atoms with Gasteiger partial charge in [-0.1, -0.05) is 303 Å². The first-order chi connectivity index (χ1) is 45.6. The molecule has 0 fully saturated rings. The highest BCUT2D eigenvalue weighted by Gasteiger charge is 2.20. The summed E-state index contributed by atoms with van der Waals surface area (Å²) in [6, 6.07) is 131. The molecule has 0 saturated carbocycles. The molecule has 0 aliphatic heterocycles. The van der Waals surface area contributed by atoms with Crippen LogP contribution in [0.25, 0.3) is 113 Å². The van der Waals surface area contributed by atoms with Gasteiger partial charge in [0.15, 0.2) is 0 Å². The molecular weight excluding hydrogens is 1110 g/mol. The molecule has 92 heavy (non-hydrogen) atoms. The Balaban J connectivity index is 0.763. The van der Waals surface area contributed by atoms with E-state index in [1.807, 2.05) is 0 Å². The molecule has 0 unspecified atom stereocenters. The van der Waals surface area contributed by atoms with Crippen LogP contribution in [0, 0.1) is 0 Å². The summed E-state index contributed by atoms with van der Waals surface area (Å²) in [5.41, 5.74) is 25.4. The lowest BCUT2D eigenvalue weighted by molar-refractivity contribution is 1.28. The lowest BCUT2D eigenvalue weighted by Crippen LogP contribution is -2.09. The van der Waals surface area contributed by atoms with E-state index in [-0.39, 0.29) is 0 Å². The second-order valence-corrected chi connectivity index (χ2v) is 23.3. The van der Waals surface area contributed by atoms with E-state index in [2.05, 4.69) is 398 Å². The Bertz CT molecular complexity index is 4540. The van der Waals surface area contributed by atoms with Gasteiger partial charge in [-0.15, -0.1) is 0 Å². The third kappa shape index (κ3) is 12.0. The van der Waals surface area contributed by atoms with Crippen LogP contribution < -0.4 is 9.80 Å². The van der Waals surface area contributed by atoms with Crippen LogP contribution in [-0.4, -0.2) is 0 Å². The molecule has 0 spiro atoms. The fourth-order valence-corrected chi connectivity index (χ4v) is 12.8. The molecule has 434 valence electrons. The summed E-state index contributed by atoms with van der Waals surface area (Å²) < 4.78 is 0. The van der Waals surface area contributed by atoms with Crippen molar-refractivity contribution in [3.05, 3.63) is 386 Å². The van der Waals surface area contributed by atoms with Crippen LogP contribution in [0.3, 0.4) is 0 Å². The van der Waals surface area contributed by atoms with E-state index in [1.54, 1.807) is 0 Å². The molecule has 0 N–H and O–H groups in total. The van der Waals surface area contributed by atoms with Gasteiger partial charge in [-0.3, -0.25) is 0 Å². The molecule has 2 heteroatoms. The van der Waals surface area contributed by atoms with E-state index in [9.17, 15) is 0 Å². The van der Waals surface area contributed by atoms with E-state index < -0.39 is 0 Å². The van der Waals surface area contributed by atoms with Gasteiger partial charge in [0, 0.05) is 34.1 Å². The number of anilines is 6. The van der Waals surface area contributed by atoms with Gasteiger partial charge in [-0.05, 0) is 195 Å². The first-order valence-corrected chi connectivity index (χ1v) is 31.5. The summed E-state index contributed by atoms with van der Waals surface area (Å²) >= 11 is 0. The molecule has 0 heterocycles. The monoisotopic (exact) mass is 1170 g/mol. The first kappa shape index (κ1) is 56.4. The number of hydrogen-bond donors (Lipinski definition) is 0. The minimum Gasteiger partial charge on any atom is -0.311 e. The molecule has 0 radical (unpaired) electrons. The maximum Gasteiger partial charge on any atom is 0.0462 e. The average Bonchev–Trinajstić information content (AvgIpc) is 0.805. The molecule has 0 amide bonds. The van der Waals surface area contributed by atoms with Crippen molar-refractivity contribution in [2.24, 2.45) is 0 Å². The van der Waals surface area contributed by atoms with Gasteiger partial charge in [0.1, 0.15) is 0 Å². The highest BCUT2D eigenvalue weighted by Crippen LogP contribution is 2.46. The molecule has 15 aromatic carbocycles.